The van der Waals surface area contributed by atoms with E-state index >= 15 is 0 Å². The van der Waals surface area contributed by atoms with Gasteiger partial charge in [0, 0.05) is 6.61 Å². The van der Waals surface area contributed by atoms with Crippen molar-refractivity contribution in [3.63, 3.8) is 0 Å². The van der Waals surface area contributed by atoms with Crippen LogP contribution in [0.3, 0.4) is 0 Å². The van der Waals surface area contributed by atoms with Gasteiger partial charge in [-0.15, -0.1) is 0 Å². The maximum absolute atomic E-state index is 13.7. The molecule has 0 spiro atoms. The standard InChI is InChI=1S/C35H67NO4/c1-11-32(7)18-17-25(4)20-35(10,40-13-3)34(9,38)24-39-31(37)27(6)30(26(5)21-32)19-28-15-14-16-29(23-36)33(8,12-2)22-28/h25-30,38H,11-24,36H2,1-10H3. The number of rotatable bonds is 7. The predicted octanol–water partition coefficient (Wildman–Crippen LogP) is 8.16. The number of aliphatic hydroxyl groups is 1. The molecule has 1 heterocycles. The van der Waals surface area contributed by atoms with E-state index in [2.05, 4.69) is 48.5 Å². The van der Waals surface area contributed by atoms with Gasteiger partial charge in [0.1, 0.15) is 12.2 Å². The average molecular weight is 566 g/mol. The zero-order chi connectivity index (χ0) is 30.4. The molecule has 1 saturated carbocycles. The van der Waals surface area contributed by atoms with Gasteiger partial charge in [-0.1, -0.05) is 80.6 Å². The maximum Gasteiger partial charge on any atom is 0.309 e. The van der Waals surface area contributed by atoms with Crippen LogP contribution in [0.2, 0.25) is 0 Å². The van der Waals surface area contributed by atoms with Gasteiger partial charge < -0.3 is 20.3 Å². The van der Waals surface area contributed by atoms with Gasteiger partial charge in [-0.05, 0) is 106 Å². The Morgan fingerprint density at radius 2 is 1.65 bits per heavy atom. The van der Waals surface area contributed by atoms with E-state index < -0.39 is 11.2 Å². The second kappa shape index (κ2) is 14.7. The van der Waals surface area contributed by atoms with Crippen LogP contribution in [-0.2, 0) is 14.3 Å². The van der Waals surface area contributed by atoms with E-state index in [4.69, 9.17) is 15.2 Å². The largest absolute Gasteiger partial charge is 0.462 e. The predicted molar refractivity (Wildman–Crippen MR) is 167 cm³/mol. The molecule has 0 amide bonds. The summed E-state index contributed by atoms with van der Waals surface area (Å²) in [7, 11) is 0. The van der Waals surface area contributed by atoms with E-state index in [0.29, 0.717) is 30.3 Å². The van der Waals surface area contributed by atoms with Gasteiger partial charge in [0.05, 0.1) is 11.5 Å². The number of ether oxygens (including phenoxy) is 2. The van der Waals surface area contributed by atoms with Crippen LogP contribution < -0.4 is 5.73 Å². The first-order valence-electron chi connectivity index (χ1n) is 16.8. The first-order chi connectivity index (χ1) is 18.6. The van der Waals surface area contributed by atoms with Crippen LogP contribution in [0.4, 0.5) is 0 Å². The maximum atomic E-state index is 13.7. The molecule has 0 aromatic rings. The summed E-state index contributed by atoms with van der Waals surface area (Å²) >= 11 is 0. The molecule has 2 fully saturated rings. The minimum atomic E-state index is -1.27. The lowest BCUT2D eigenvalue weighted by Gasteiger charge is -2.45. The monoisotopic (exact) mass is 566 g/mol. The molecule has 5 nitrogen and oxygen atoms in total. The number of cyclic esters (lactones) is 1. The Morgan fingerprint density at radius 1 is 0.975 bits per heavy atom. The lowest BCUT2D eigenvalue weighted by Crippen LogP contribution is -2.56. The molecule has 0 radical (unpaired) electrons. The highest BCUT2D eigenvalue weighted by Gasteiger charge is 2.47. The van der Waals surface area contributed by atoms with Crippen LogP contribution >= 0.6 is 0 Å². The van der Waals surface area contributed by atoms with Crippen LogP contribution in [0.1, 0.15) is 140 Å². The van der Waals surface area contributed by atoms with Crippen molar-refractivity contribution in [2.75, 3.05) is 19.8 Å². The average Bonchev–Trinajstić information content (AvgIpc) is 3.06. The lowest BCUT2D eigenvalue weighted by molar-refractivity contribution is -0.201. The zero-order valence-electron chi connectivity index (χ0n) is 28.1. The van der Waals surface area contributed by atoms with E-state index in [9.17, 15) is 9.90 Å². The number of esters is 1. The van der Waals surface area contributed by atoms with Crippen molar-refractivity contribution in [1.29, 1.82) is 0 Å². The quantitative estimate of drug-likeness (QED) is 0.240. The molecule has 1 aliphatic carbocycles. The normalized spacial score (nSPS) is 44.9. The van der Waals surface area contributed by atoms with Gasteiger partial charge in [0.2, 0.25) is 0 Å². The Morgan fingerprint density at radius 3 is 2.23 bits per heavy atom. The van der Waals surface area contributed by atoms with Crippen molar-refractivity contribution >= 4 is 5.97 Å². The molecule has 236 valence electrons. The SMILES string of the molecule is CCOC1(C)CC(C)CCC(C)(CC)CC(C)C(CC2CCCC(CN)C(C)(CC)C2)C(C)C(=O)OCC1(C)O. The first-order valence-corrected chi connectivity index (χ1v) is 16.8. The molecule has 0 bridgehead atoms. The minimum absolute atomic E-state index is 0.0390. The van der Waals surface area contributed by atoms with E-state index in [1.54, 1.807) is 6.92 Å². The van der Waals surface area contributed by atoms with Crippen LogP contribution in [0, 0.1) is 46.3 Å². The highest BCUT2D eigenvalue weighted by molar-refractivity contribution is 5.72. The van der Waals surface area contributed by atoms with Gasteiger partial charge in [-0.25, -0.2) is 0 Å². The van der Waals surface area contributed by atoms with Crippen LogP contribution in [-0.4, -0.2) is 42.0 Å². The molecule has 5 heteroatoms. The second-order valence-corrected chi connectivity index (χ2v) is 15.4. The van der Waals surface area contributed by atoms with E-state index in [1.165, 1.54) is 25.7 Å². The number of nitrogens with two attached hydrogens (primary N) is 1. The van der Waals surface area contributed by atoms with Crippen molar-refractivity contribution in [2.24, 2.45) is 52.1 Å². The molecule has 0 aromatic carbocycles. The van der Waals surface area contributed by atoms with Gasteiger partial charge in [-0.2, -0.15) is 0 Å². The molecule has 3 N–H and O–H groups in total. The molecule has 1 saturated heterocycles. The second-order valence-electron chi connectivity index (χ2n) is 15.4. The van der Waals surface area contributed by atoms with Crippen LogP contribution in [0.5, 0.6) is 0 Å². The molecule has 10 unspecified atom stereocenters. The topological polar surface area (TPSA) is 81.8 Å². The third-order valence-corrected chi connectivity index (χ3v) is 12.1. The van der Waals surface area contributed by atoms with Crippen molar-refractivity contribution in [2.45, 2.75) is 151 Å². The summed E-state index contributed by atoms with van der Waals surface area (Å²) in [6.45, 7) is 23.3. The van der Waals surface area contributed by atoms with Crippen molar-refractivity contribution < 1.29 is 19.4 Å². The van der Waals surface area contributed by atoms with E-state index in [0.717, 1.165) is 51.5 Å². The summed E-state index contributed by atoms with van der Waals surface area (Å²) in [5, 5.41) is 11.6. The Balaban J connectivity index is 2.41. The van der Waals surface area contributed by atoms with E-state index in [1.807, 2.05) is 13.8 Å². The highest BCUT2D eigenvalue weighted by Crippen LogP contribution is 2.48. The lowest BCUT2D eigenvalue weighted by atomic mass is 9.65. The number of carbonyl (C=O) groups is 1. The smallest absolute Gasteiger partial charge is 0.309 e. The Bertz CT molecular complexity index is 785. The molecule has 0 aromatic heterocycles. The summed E-state index contributed by atoms with van der Waals surface area (Å²) < 4.78 is 12.2. The van der Waals surface area contributed by atoms with Gasteiger partial charge >= 0.3 is 5.97 Å². The third-order valence-electron chi connectivity index (χ3n) is 12.1. The van der Waals surface area contributed by atoms with Crippen LogP contribution in [0.15, 0.2) is 0 Å². The molecular weight excluding hydrogens is 498 g/mol. The number of hydrogen-bond donors (Lipinski definition) is 2. The Labute approximate surface area is 248 Å². The van der Waals surface area contributed by atoms with Gasteiger partial charge in [0.15, 0.2) is 0 Å². The van der Waals surface area contributed by atoms with Gasteiger partial charge in [0.25, 0.3) is 0 Å². The molecule has 1 aliphatic heterocycles. The highest BCUT2D eigenvalue weighted by atomic mass is 16.6. The summed E-state index contributed by atoms with van der Waals surface area (Å²) in [4.78, 5) is 13.7. The minimum Gasteiger partial charge on any atom is -0.462 e. The molecule has 10 atom stereocenters. The Kier molecular flexibility index (Phi) is 13.1. The van der Waals surface area contributed by atoms with E-state index in [-0.39, 0.29) is 35.2 Å². The summed E-state index contributed by atoms with van der Waals surface area (Å²) in [5.74, 6) is 1.85. The van der Waals surface area contributed by atoms with Crippen molar-refractivity contribution in [3.8, 4) is 0 Å². The zero-order valence-corrected chi connectivity index (χ0v) is 28.1. The molecule has 2 aliphatic rings. The fourth-order valence-corrected chi connectivity index (χ4v) is 8.42. The number of carbonyl (C=O) groups excluding carboxylic acids is 1. The Hall–Kier alpha value is -0.650. The summed E-state index contributed by atoms with van der Waals surface area (Å²) in [6, 6.07) is 0. The first kappa shape index (κ1) is 35.5. The fraction of sp³-hybridized carbons (Fsp3) is 0.971. The van der Waals surface area contributed by atoms with Gasteiger partial charge in [-0.3, -0.25) is 4.79 Å². The number of hydrogen-bond acceptors (Lipinski definition) is 5. The summed E-state index contributed by atoms with van der Waals surface area (Å²) in [6.07, 6.45) is 12.3. The fourth-order valence-electron chi connectivity index (χ4n) is 8.42. The molecule has 2 rings (SSSR count). The van der Waals surface area contributed by atoms with Crippen molar-refractivity contribution in [3.05, 3.63) is 0 Å². The third kappa shape index (κ3) is 8.69. The molecular formula is C35H67NO4. The van der Waals surface area contributed by atoms with Crippen LogP contribution in [0.25, 0.3) is 0 Å². The summed E-state index contributed by atoms with van der Waals surface area (Å²) in [5.41, 5.74) is 4.69. The van der Waals surface area contributed by atoms with Crippen molar-refractivity contribution in [1.82, 2.24) is 0 Å². The molecule has 40 heavy (non-hydrogen) atoms.